The quantitative estimate of drug-likeness (QED) is 0.627. The molecule has 7 heteroatoms. The highest BCUT2D eigenvalue weighted by Crippen LogP contribution is 2.11. The van der Waals surface area contributed by atoms with Gasteiger partial charge in [-0.25, -0.2) is 8.78 Å². The molecular weight excluding hydrogens is 316 g/mol. The number of hydrogen-bond acceptors (Lipinski definition) is 3. The first-order valence-corrected chi connectivity index (χ1v) is 7.16. The predicted molar refractivity (Wildman–Crippen MR) is 85.0 cm³/mol. The molecule has 0 spiro atoms. The van der Waals surface area contributed by atoms with E-state index in [1.165, 1.54) is 12.1 Å². The van der Waals surface area contributed by atoms with Crippen molar-refractivity contribution in [2.75, 3.05) is 13.1 Å². The van der Waals surface area contributed by atoms with E-state index in [1.54, 1.807) is 30.6 Å². The number of nitrogens with one attached hydrogen (secondary N) is 2. The number of carbonyl (C=O) groups is 2. The Balaban J connectivity index is 1.75. The minimum atomic E-state index is -0.934. The molecule has 0 unspecified atom stereocenters. The third-order valence-electron chi connectivity index (χ3n) is 3.01. The van der Waals surface area contributed by atoms with Crippen LogP contribution >= 0.6 is 0 Å². The van der Waals surface area contributed by atoms with Gasteiger partial charge in [0.2, 0.25) is 5.91 Å². The van der Waals surface area contributed by atoms with Crippen molar-refractivity contribution in [3.63, 3.8) is 0 Å². The van der Waals surface area contributed by atoms with Gasteiger partial charge in [-0.3, -0.25) is 14.6 Å². The summed E-state index contributed by atoms with van der Waals surface area (Å²) in [6.45, 7) is 0.164. The molecule has 2 rings (SSSR count). The van der Waals surface area contributed by atoms with Crippen LogP contribution in [0.2, 0.25) is 0 Å². The molecule has 1 heterocycles. The summed E-state index contributed by atoms with van der Waals surface area (Å²) in [6, 6.07) is 6.72. The minimum absolute atomic E-state index is 0.0408. The molecule has 2 aromatic rings. The van der Waals surface area contributed by atoms with Crippen LogP contribution in [0.4, 0.5) is 8.78 Å². The Bertz CT molecular complexity index is 729. The zero-order valence-electron chi connectivity index (χ0n) is 12.6. The standard InChI is InChI=1S/C17H15F2N3O2/c18-13-4-1-5-14(19)16(13)17(24)22-10-9-21-15(23)7-6-12-3-2-8-20-11-12/h1-8,11H,9-10H2,(H,21,23)(H,22,24)/b7-6-. The Hall–Kier alpha value is -3.09. The number of rotatable bonds is 6. The third kappa shape index (κ3) is 4.98. The van der Waals surface area contributed by atoms with Gasteiger partial charge in [-0.1, -0.05) is 12.1 Å². The van der Waals surface area contributed by atoms with Crippen LogP contribution in [0.3, 0.4) is 0 Å². The van der Waals surface area contributed by atoms with Crippen molar-refractivity contribution in [1.82, 2.24) is 15.6 Å². The maximum atomic E-state index is 13.4. The average molecular weight is 331 g/mol. The van der Waals surface area contributed by atoms with Crippen LogP contribution in [0.5, 0.6) is 0 Å². The summed E-state index contributed by atoms with van der Waals surface area (Å²) < 4.78 is 26.8. The predicted octanol–water partition coefficient (Wildman–Crippen LogP) is 1.92. The smallest absolute Gasteiger partial charge is 0.257 e. The Labute approximate surface area is 137 Å². The van der Waals surface area contributed by atoms with Crippen LogP contribution in [-0.4, -0.2) is 29.9 Å². The molecule has 0 aliphatic rings. The van der Waals surface area contributed by atoms with Gasteiger partial charge < -0.3 is 10.6 Å². The second kappa shape index (κ2) is 8.52. The highest BCUT2D eigenvalue weighted by Gasteiger charge is 2.16. The molecule has 0 fully saturated rings. The molecule has 1 aromatic carbocycles. The molecule has 0 aliphatic carbocycles. The van der Waals surface area contributed by atoms with Crippen molar-refractivity contribution in [3.05, 3.63) is 71.6 Å². The first kappa shape index (κ1) is 17.3. The summed E-state index contributed by atoms with van der Waals surface area (Å²) in [5.41, 5.74) is 0.135. The SMILES string of the molecule is O=C(/C=C\c1cccnc1)NCCNC(=O)c1c(F)cccc1F. The van der Waals surface area contributed by atoms with E-state index in [0.717, 1.165) is 17.7 Å². The molecular formula is C17H15F2N3O2. The van der Waals surface area contributed by atoms with Crippen molar-refractivity contribution < 1.29 is 18.4 Å². The Kier molecular flexibility index (Phi) is 6.13. The molecule has 2 N–H and O–H groups in total. The van der Waals surface area contributed by atoms with Crippen LogP contribution in [0.1, 0.15) is 15.9 Å². The average Bonchev–Trinajstić information content (AvgIpc) is 2.57. The maximum absolute atomic E-state index is 13.4. The third-order valence-corrected chi connectivity index (χ3v) is 3.01. The minimum Gasteiger partial charge on any atom is -0.351 e. The van der Waals surface area contributed by atoms with Gasteiger partial charge in [0.15, 0.2) is 0 Å². The summed E-state index contributed by atoms with van der Waals surface area (Å²) in [5, 5.41) is 4.88. The lowest BCUT2D eigenvalue weighted by atomic mass is 10.2. The zero-order valence-corrected chi connectivity index (χ0v) is 12.6. The van der Waals surface area contributed by atoms with Crippen LogP contribution < -0.4 is 10.6 Å². The van der Waals surface area contributed by atoms with Gasteiger partial charge in [-0.05, 0) is 29.8 Å². The van der Waals surface area contributed by atoms with E-state index in [1.807, 2.05) is 0 Å². The van der Waals surface area contributed by atoms with Crippen LogP contribution in [-0.2, 0) is 4.79 Å². The lowest BCUT2D eigenvalue weighted by Crippen LogP contribution is -2.34. The summed E-state index contributed by atoms with van der Waals surface area (Å²) >= 11 is 0. The number of amides is 2. The first-order chi connectivity index (χ1) is 11.6. The molecule has 0 atom stereocenters. The molecule has 0 saturated carbocycles. The monoisotopic (exact) mass is 331 g/mol. The summed E-state index contributed by atoms with van der Waals surface area (Å²) in [5.74, 6) is -3.09. The molecule has 2 amide bonds. The topological polar surface area (TPSA) is 71.1 Å². The number of aromatic nitrogens is 1. The van der Waals surface area contributed by atoms with Crippen molar-refractivity contribution in [2.45, 2.75) is 0 Å². The summed E-state index contributed by atoms with van der Waals surface area (Å²) in [7, 11) is 0. The second-order valence-corrected chi connectivity index (χ2v) is 4.76. The number of hydrogen-bond donors (Lipinski definition) is 2. The number of carbonyl (C=O) groups excluding carboxylic acids is 2. The fraction of sp³-hybridized carbons (Fsp3) is 0.118. The van der Waals surface area contributed by atoms with Crippen LogP contribution in [0.25, 0.3) is 6.08 Å². The van der Waals surface area contributed by atoms with E-state index in [4.69, 9.17) is 0 Å². The fourth-order valence-corrected chi connectivity index (χ4v) is 1.87. The van der Waals surface area contributed by atoms with Gasteiger partial charge in [-0.2, -0.15) is 0 Å². The van der Waals surface area contributed by atoms with Crippen molar-refractivity contribution in [2.24, 2.45) is 0 Å². The molecule has 124 valence electrons. The molecule has 1 aromatic heterocycles. The Morgan fingerprint density at radius 3 is 2.42 bits per heavy atom. The van der Waals surface area contributed by atoms with Gasteiger partial charge in [0.25, 0.3) is 5.91 Å². The largest absolute Gasteiger partial charge is 0.351 e. The highest BCUT2D eigenvalue weighted by atomic mass is 19.1. The van der Waals surface area contributed by atoms with Gasteiger partial charge >= 0.3 is 0 Å². The van der Waals surface area contributed by atoms with E-state index in [0.29, 0.717) is 0 Å². The van der Waals surface area contributed by atoms with Gasteiger partial charge in [0, 0.05) is 31.6 Å². The van der Waals surface area contributed by atoms with E-state index in [2.05, 4.69) is 15.6 Å². The highest BCUT2D eigenvalue weighted by molar-refractivity contribution is 5.95. The van der Waals surface area contributed by atoms with Gasteiger partial charge in [0.1, 0.15) is 17.2 Å². The van der Waals surface area contributed by atoms with Crippen molar-refractivity contribution in [3.8, 4) is 0 Å². The molecule has 0 bridgehead atoms. The summed E-state index contributed by atoms with van der Waals surface area (Å²) in [6.07, 6.45) is 6.15. The number of nitrogens with zero attached hydrogens (tertiary/aromatic N) is 1. The zero-order chi connectivity index (χ0) is 17.4. The molecule has 24 heavy (non-hydrogen) atoms. The number of benzene rings is 1. The summed E-state index contributed by atoms with van der Waals surface area (Å²) in [4.78, 5) is 27.2. The maximum Gasteiger partial charge on any atom is 0.257 e. The Morgan fingerprint density at radius 2 is 1.75 bits per heavy atom. The molecule has 5 nitrogen and oxygen atoms in total. The fourth-order valence-electron chi connectivity index (χ4n) is 1.87. The molecule has 0 radical (unpaired) electrons. The molecule has 0 aliphatic heterocycles. The number of halogens is 2. The van der Waals surface area contributed by atoms with Crippen LogP contribution in [0.15, 0.2) is 48.8 Å². The van der Waals surface area contributed by atoms with Gasteiger partial charge in [-0.15, -0.1) is 0 Å². The van der Waals surface area contributed by atoms with E-state index in [-0.39, 0.29) is 19.0 Å². The van der Waals surface area contributed by atoms with E-state index >= 15 is 0 Å². The van der Waals surface area contributed by atoms with E-state index in [9.17, 15) is 18.4 Å². The second-order valence-electron chi connectivity index (χ2n) is 4.76. The lowest BCUT2D eigenvalue weighted by molar-refractivity contribution is -0.116. The molecule has 0 saturated heterocycles. The van der Waals surface area contributed by atoms with Gasteiger partial charge in [0.05, 0.1) is 0 Å². The van der Waals surface area contributed by atoms with Crippen LogP contribution in [0, 0.1) is 11.6 Å². The Morgan fingerprint density at radius 1 is 1.04 bits per heavy atom. The van der Waals surface area contributed by atoms with E-state index < -0.39 is 23.1 Å². The lowest BCUT2D eigenvalue weighted by Gasteiger charge is -2.07. The number of pyridine rings is 1. The van der Waals surface area contributed by atoms with Crippen molar-refractivity contribution in [1.29, 1.82) is 0 Å². The normalized spacial score (nSPS) is 10.6. The first-order valence-electron chi connectivity index (χ1n) is 7.16. The van der Waals surface area contributed by atoms with Crippen molar-refractivity contribution >= 4 is 17.9 Å².